The van der Waals surface area contributed by atoms with Gasteiger partial charge >= 0.3 is 0 Å². The monoisotopic (exact) mass is 369 g/mol. The van der Waals surface area contributed by atoms with E-state index >= 15 is 0 Å². The maximum Gasteiger partial charge on any atom is 0.220 e. The number of hydrogen-bond donors (Lipinski definition) is 2. The Labute approximate surface area is 155 Å². The molecule has 23 heavy (non-hydrogen) atoms. The lowest BCUT2D eigenvalue weighted by atomic mass is 9.92. The number of piperidine rings is 1. The SMILES string of the molecule is CC1CC(C)CN(CC(C)NC(=O)CCCCCCN)C1.Cl.Cl. The average molecular weight is 370 g/mol. The zero-order valence-corrected chi connectivity index (χ0v) is 16.7. The first kappa shape index (κ1) is 25.2. The Kier molecular flexibility index (Phi) is 15.7. The lowest BCUT2D eigenvalue weighted by molar-refractivity contribution is -0.122. The summed E-state index contributed by atoms with van der Waals surface area (Å²) in [6, 6.07) is 0.249. The Bertz CT molecular complexity index is 296. The summed E-state index contributed by atoms with van der Waals surface area (Å²) in [7, 11) is 0. The molecule has 1 heterocycles. The molecule has 3 unspecified atom stereocenters. The molecule has 1 saturated heterocycles. The van der Waals surface area contributed by atoms with Gasteiger partial charge in [-0.25, -0.2) is 0 Å². The van der Waals surface area contributed by atoms with E-state index in [4.69, 9.17) is 5.73 Å². The third-order valence-electron chi connectivity index (χ3n) is 4.24. The molecule has 0 bridgehead atoms. The summed E-state index contributed by atoms with van der Waals surface area (Å²) in [5.74, 6) is 1.76. The molecule has 0 spiro atoms. The van der Waals surface area contributed by atoms with Gasteiger partial charge in [0, 0.05) is 32.1 Å². The van der Waals surface area contributed by atoms with Crippen LogP contribution in [0.4, 0.5) is 0 Å². The molecule has 1 aliphatic rings. The highest BCUT2D eigenvalue weighted by molar-refractivity contribution is 5.85. The Morgan fingerprint density at radius 2 is 1.70 bits per heavy atom. The lowest BCUT2D eigenvalue weighted by Gasteiger charge is -2.36. The number of carbonyl (C=O) groups is 1. The van der Waals surface area contributed by atoms with Crippen molar-refractivity contribution in [2.24, 2.45) is 17.6 Å². The Morgan fingerprint density at radius 1 is 1.13 bits per heavy atom. The van der Waals surface area contributed by atoms with Crippen molar-refractivity contribution in [3.8, 4) is 0 Å². The van der Waals surface area contributed by atoms with Crippen LogP contribution in [0.25, 0.3) is 0 Å². The number of nitrogens with zero attached hydrogens (tertiary/aromatic N) is 1. The van der Waals surface area contributed by atoms with E-state index in [0.29, 0.717) is 6.42 Å². The van der Waals surface area contributed by atoms with E-state index < -0.39 is 0 Å². The topological polar surface area (TPSA) is 58.4 Å². The largest absolute Gasteiger partial charge is 0.352 e. The third-order valence-corrected chi connectivity index (χ3v) is 4.24. The zero-order chi connectivity index (χ0) is 15.7. The first-order valence-corrected chi connectivity index (χ1v) is 8.73. The maximum atomic E-state index is 11.9. The highest BCUT2D eigenvalue weighted by atomic mass is 35.5. The van der Waals surface area contributed by atoms with E-state index in [9.17, 15) is 4.79 Å². The van der Waals surface area contributed by atoms with Crippen LogP contribution in [0.3, 0.4) is 0 Å². The molecule has 1 aliphatic heterocycles. The summed E-state index contributed by atoms with van der Waals surface area (Å²) in [5.41, 5.74) is 5.46. The van der Waals surface area contributed by atoms with E-state index in [1.54, 1.807) is 0 Å². The normalized spacial score (nSPS) is 22.6. The second-order valence-corrected chi connectivity index (χ2v) is 7.09. The van der Waals surface area contributed by atoms with Crippen LogP contribution in [-0.2, 0) is 4.79 Å². The Hall–Kier alpha value is -0.0300. The van der Waals surface area contributed by atoms with Gasteiger partial charge in [0.15, 0.2) is 0 Å². The summed E-state index contributed by atoms with van der Waals surface area (Å²) < 4.78 is 0. The summed E-state index contributed by atoms with van der Waals surface area (Å²) in [6.45, 7) is 10.9. The average Bonchev–Trinajstić information content (AvgIpc) is 2.36. The molecule has 0 aromatic rings. The van der Waals surface area contributed by atoms with Gasteiger partial charge in [-0.05, 0) is 44.6 Å². The minimum absolute atomic E-state index is 0. The predicted molar refractivity (Wildman–Crippen MR) is 104 cm³/mol. The van der Waals surface area contributed by atoms with Gasteiger partial charge in [-0.1, -0.05) is 26.7 Å². The minimum Gasteiger partial charge on any atom is -0.352 e. The molecular weight excluding hydrogens is 333 g/mol. The molecule has 1 amide bonds. The van der Waals surface area contributed by atoms with Crippen molar-refractivity contribution in [2.75, 3.05) is 26.2 Å². The number of nitrogens with one attached hydrogen (secondary N) is 1. The number of unbranched alkanes of at least 4 members (excludes halogenated alkanes) is 3. The number of carbonyl (C=O) groups excluding carboxylic acids is 1. The molecule has 0 aromatic heterocycles. The number of amides is 1. The smallest absolute Gasteiger partial charge is 0.220 e. The Morgan fingerprint density at radius 3 is 2.26 bits per heavy atom. The zero-order valence-electron chi connectivity index (χ0n) is 15.1. The van der Waals surface area contributed by atoms with Crippen molar-refractivity contribution < 1.29 is 4.79 Å². The fraction of sp³-hybridized carbons (Fsp3) is 0.941. The first-order valence-electron chi connectivity index (χ1n) is 8.73. The van der Waals surface area contributed by atoms with Crippen molar-refractivity contribution >= 4 is 30.7 Å². The molecule has 4 nitrogen and oxygen atoms in total. The number of nitrogens with two attached hydrogens (primary N) is 1. The molecular formula is C17H37Cl2N3O. The summed E-state index contributed by atoms with van der Waals surface area (Å²) >= 11 is 0. The standard InChI is InChI=1S/C17H35N3O.2ClH/c1-14-10-15(2)12-20(11-14)13-16(3)19-17(21)8-6-4-5-7-9-18;;/h14-16H,4-13,18H2,1-3H3,(H,19,21);2*1H. The summed E-state index contributed by atoms with van der Waals surface area (Å²) in [4.78, 5) is 14.4. The third kappa shape index (κ3) is 12.0. The molecule has 140 valence electrons. The van der Waals surface area contributed by atoms with Crippen LogP contribution in [0.15, 0.2) is 0 Å². The molecule has 0 saturated carbocycles. The summed E-state index contributed by atoms with van der Waals surface area (Å²) in [6.07, 6.45) is 6.30. The Balaban J connectivity index is 0. The van der Waals surface area contributed by atoms with Gasteiger partial charge in [0.25, 0.3) is 0 Å². The molecule has 0 radical (unpaired) electrons. The molecule has 0 aliphatic carbocycles. The van der Waals surface area contributed by atoms with Crippen molar-refractivity contribution in [1.29, 1.82) is 0 Å². The van der Waals surface area contributed by atoms with E-state index in [2.05, 4.69) is 31.0 Å². The van der Waals surface area contributed by atoms with E-state index in [0.717, 1.165) is 50.6 Å². The van der Waals surface area contributed by atoms with E-state index in [1.165, 1.54) is 19.5 Å². The fourth-order valence-corrected chi connectivity index (χ4v) is 3.50. The van der Waals surface area contributed by atoms with Crippen LogP contribution in [0, 0.1) is 11.8 Å². The van der Waals surface area contributed by atoms with Gasteiger partial charge < -0.3 is 16.0 Å². The van der Waals surface area contributed by atoms with Gasteiger partial charge in [-0.15, -0.1) is 24.8 Å². The minimum atomic E-state index is 0. The molecule has 1 rings (SSSR count). The molecule has 1 fully saturated rings. The predicted octanol–water partition coefficient (Wildman–Crippen LogP) is 3.22. The lowest BCUT2D eigenvalue weighted by Crippen LogP contribution is -2.46. The second-order valence-electron chi connectivity index (χ2n) is 7.09. The quantitative estimate of drug-likeness (QED) is 0.613. The van der Waals surface area contributed by atoms with Gasteiger partial charge in [0.05, 0.1) is 0 Å². The van der Waals surface area contributed by atoms with Crippen molar-refractivity contribution in [1.82, 2.24) is 10.2 Å². The number of rotatable bonds is 9. The molecule has 3 atom stereocenters. The highest BCUT2D eigenvalue weighted by Gasteiger charge is 2.23. The van der Waals surface area contributed by atoms with Crippen molar-refractivity contribution in [3.63, 3.8) is 0 Å². The summed E-state index contributed by atoms with van der Waals surface area (Å²) in [5, 5.41) is 3.14. The van der Waals surface area contributed by atoms with Crippen molar-refractivity contribution in [3.05, 3.63) is 0 Å². The number of hydrogen-bond acceptors (Lipinski definition) is 3. The fourth-order valence-electron chi connectivity index (χ4n) is 3.50. The number of likely N-dealkylation sites (tertiary alicyclic amines) is 1. The van der Waals surface area contributed by atoms with Crippen LogP contribution in [-0.4, -0.2) is 43.0 Å². The molecule has 6 heteroatoms. The van der Waals surface area contributed by atoms with Crippen LogP contribution >= 0.6 is 24.8 Å². The van der Waals surface area contributed by atoms with Gasteiger partial charge in [-0.3, -0.25) is 4.79 Å². The van der Waals surface area contributed by atoms with Crippen LogP contribution in [0.5, 0.6) is 0 Å². The van der Waals surface area contributed by atoms with Crippen LogP contribution in [0.1, 0.15) is 59.3 Å². The highest BCUT2D eigenvalue weighted by Crippen LogP contribution is 2.20. The van der Waals surface area contributed by atoms with Gasteiger partial charge in [-0.2, -0.15) is 0 Å². The van der Waals surface area contributed by atoms with Crippen LogP contribution in [0.2, 0.25) is 0 Å². The number of halogens is 2. The van der Waals surface area contributed by atoms with E-state index in [-0.39, 0.29) is 36.8 Å². The second kappa shape index (κ2) is 14.3. The van der Waals surface area contributed by atoms with Gasteiger partial charge in [0.2, 0.25) is 5.91 Å². The van der Waals surface area contributed by atoms with E-state index in [1.807, 2.05) is 0 Å². The maximum absolute atomic E-state index is 11.9. The van der Waals surface area contributed by atoms with Gasteiger partial charge in [0.1, 0.15) is 0 Å². The molecule has 0 aromatic carbocycles. The van der Waals surface area contributed by atoms with Crippen LogP contribution < -0.4 is 11.1 Å². The van der Waals surface area contributed by atoms with Crippen molar-refractivity contribution in [2.45, 2.75) is 65.3 Å². The molecule has 3 N–H and O–H groups in total. The first-order chi connectivity index (χ1) is 10.0.